The van der Waals surface area contributed by atoms with Crippen LogP contribution in [0.5, 0.6) is 5.75 Å². The molecule has 0 radical (unpaired) electrons. The second kappa shape index (κ2) is 5.19. The maximum absolute atomic E-state index is 9.58. The topological polar surface area (TPSA) is 42.4 Å². The summed E-state index contributed by atoms with van der Waals surface area (Å²) in [6.07, 6.45) is -0.484. The van der Waals surface area contributed by atoms with Crippen LogP contribution in [0.4, 0.5) is 0 Å². The molecule has 94 valence electrons. The summed E-state index contributed by atoms with van der Waals surface area (Å²) in [6.45, 7) is 3.66. The molecule has 3 heteroatoms. The molecule has 0 aliphatic carbocycles. The van der Waals surface area contributed by atoms with E-state index in [9.17, 15) is 5.11 Å². The van der Waals surface area contributed by atoms with Crippen LogP contribution in [0, 0.1) is 6.92 Å². The molecule has 0 saturated heterocycles. The van der Waals surface area contributed by atoms with E-state index in [0.29, 0.717) is 0 Å². The van der Waals surface area contributed by atoms with E-state index in [-0.39, 0.29) is 0 Å². The third-order valence-electron chi connectivity index (χ3n) is 2.96. The first-order valence-electron chi connectivity index (χ1n) is 5.92. The number of aliphatic hydroxyl groups is 1. The van der Waals surface area contributed by atoms with Crippen LogP contribution in [0.3, 0.4) is 0 Å². The first kappa shape index (κ1) is 12.6. The summed E-state index contributed by atoms with van der Waals surface area (Å²) in [5.74, 6) is 0.830. The molecule has 3 nitrogen and oxygen atoms in total. The molecular weight excluding hydrogens is 226 g/mol. The Kier molecular flexibility index (Phi) is 3.63. The average Bonchev–Trinajstić information content (AvgIpc) is 2.38. The highest BCUT2D eigenvalue weighted by Gasteiger charge is 2.08. The molecule has 0 aliphatic rings. The number of benzene rings is 1. The van der Waals surface area contributed by atoms with Crippen molar-refractivity contribution in [2.24, 2.45) is 0 Å². The molecule has 0 spiro atoms. The fourth-order valence-electron chi connectivity index (χ4n) is 1.94. The summed E-state index contributed by atoms with van der Waals surface area (Å²) >= 11 is 0. The summed E-state index contributed by atoms with van der Waals surface area (Å²) in [4.78, 5) is 4.52. The number of rotatable bonds is 3. The lowest BCUT2D eigenvalue weighted by Crippen LogP contribution is -1.98. The van der Waals surface area contributed by atoms with Crippen molar-refractivity contribution in [1.29, 1.82) is 0 Å². The lowest BCUT2D eigenvalue weighted by Gasteiger charge is -2.10. The van der Waals surface area contributed by atoms with Gasteiger partial charge in [-0.1, -0.05) is 6.07 Å². The Bertz CT molecular complexity index is 533. The van der Waals surface area contributed by atoms with Gasteiger partial charge in [-0.25, -0.2) is 0 Å². The van der Waals surface area contributed by atoms with Gasteiger partial charge in [-0.15, -0.1) is 0 Å². The molecule has 1 heterocycles. The number of methoxy groups -OCH3 is 1. The van der Waals surface area contributed by atoms with Gasteiger partial charge in [0.1, 0.15) is 5.75 Å². The molecule has 0 aliphatic heterocycles. The van der Waals surface area contributed by atoms with E-state index >= 15 is 0 Å². The van der Waals surface area contributed by atoms with Gasteiger partial charge in [0.05, 0.1) is 18.9 Å². The molecule has 2 aromatic rings. The van der Waals surface area contributed by atoms with Crippen LogP contribution in [-0.2, 0) is 0 Å². The Labute approximate surface area is 107 Å². The van der Waals surface area contributed by atoms with Crippen LogP contribution in [0.25, 0.3) is 11.3 Å². The number of hydrogen-bond donors (Lipinski definition) is 1. The smallest absolute Gasteiger partial charge is 0.118 e. The number of nitrogens with zero attached hydrogens (tertiary/aromatic N) is 1. The lowest BCUT2D eigenvalue weighted by molar-refractivity contribution is 0.198. The number of ether oxygens (including phenoxy) is 1. The fourth-order valence-corrected chi connectivity index (χ4v) is 1.94. The molecular formula is C15H17NO2. The molecule has 2 rings (SSSR count). The van der Waals surface area contributed by atoms with Gasteiger partial charge in [0.25, 0.3) is 0 Å². The molecule has 0 saturated carbocycles. The van der Waals surface area contributed by atoms with Crippen molar-refractivity contribution in [1.82, 2.24) is 4.98 Å². The monoisotopic (exact) mass is 243 g/mol. The van der Waals surface area contributed by atoms with Gasteiger partial charge < -0.3 is 9.84 Å². The van der Waals surface area contributed by atoms with Crippen LogP contribution in [-0.4, -0.2) is 17.2 Å². The lowest BCUT2D eigenvalue weighted by atomic mass is 10.1. The Morgan fingerprint density at radius 3 is 2.28 bits per heavy atom. The van der Waals surface area contributed by atoms with Crippen molar-refractivity contribution in [2.45, 2.75) is 20.0 Å². The summed E-state index contributed by atoms with van der Waals surface area (Å²) < 4.78 is 5.13. The average molecular weight is 243 g/mol. The molecule has 0 fully saturated rings. The molecule has 1 aromatic carbocycles. The Hall–Kier alpha value is -1.87. The van der Waals surface area contributed by atoms with Crippen LogP contribution < -0.4 is 4.74 Å². The van der Waals surface area contributed by atoms with Crippen molar-refractivity contribution in [3.05, 3.63) is 47.7 Å². The fraction of sp³-hybridized carbons (Fsp3) is 0.267. The normalized spacial score (nSPS) is 12.2. The second-order valence-electron chi connectivity index (χ2n) is 4.28. The van der Waals surface area contributed by atoms with E-state index in [1.165, 1.54) is 0 Å². The third kappa shape index (κ3) is 2.51. The van der Waals surface area contributed by atoms with E-state index in [2.05, 4.69) is 4.98 Å². The molecule has 18 heavy (non-hydrogen) atoms. The second-order valence-corrected chi connectivity index (χ2v) is 4.28. The molecule has 0 bridgehead atoms. The Balaban J connectivity index is 2.36. The number of aliphatic hydroxyl groups excluding tert-OH is 1. The predicted molar refractivity (Wildman–Crippen MR) is 71.6 cm³/mol. The van der Waals surface area contributed by atoms with E-state index in [1.54, 1.807) is 14.0 Å². The van der Waals surface area contributed by atoms with Crippen molar-refractivity contribution >= 4 is 0 Å². The van der Waals surface area contributed by atoms with Crippen LogP contribution in [0.15, 0.2) is 36.4 Å². The van der Waals surface area contributed by atoms with E-state index < -0.39 is 6.10 Å². The largest absolute Gasteiger partial charge is 0.497 e. The summed E-state index contributed by atoms with van der Waals surface area (Å²) in [5.41, 5.74) is 3.67. The zero-order valence-electron chi connectivity index (χ0n) is 10.8. The van der Waals surface area contributed by atoms with Gasteiger partial charge in [-0.05, 0) is 44.2 Å². The van der Waals surface area contributed by atoms with Crippen molar-refractivity contribution in [2.75, 3.05) is 7.11 Å². The SMILES string of the molecule is COc1ccc(-c2ccc(C(C)O)c(C)n2)cc1. The summed E-state index contributed by atoms with van der Waals surface area (Å²) in [7, 11) is 1.65. The van der Waals surface area contributed by atoms with Gasteiger partial charge in [0.15, 0.2) is 0 Å². The zero-order chi connectivity index (χ0) is 13.1. The van der Waals surface area contributed by atoms with Gasteiger partial charge in [-0.3, -0.25) is 4.98 Å². The molecule has 1 atom stereocenters. The summed E-state index contributed by atoms with van der Waals surface area (Å²) in [5, 5.41) is 9.58. The zero-order valence-corrected chi connectivity index (χ0v) is 10.8. The maximum atomic E-state index is 9.58. The molecule has 1 N–H and O–H groups in total. The number of hydrogen-bond acceptors (Lipinski definition) is 3. The standard InChI is InChI=1S/C15H17NO2/c1-10-14(11(2)17)8-9-15(16-10)12-4-6-13(18-3)7-5-12/h4-9,11,17H,1-3H3. The first-order valence-corrected chi connectivity index (χ1v) is 5.92. The minimum absolute atomic E-state index is 0.484. The quantitative estimate of drug-likeness (QED) is 0.900. The van der Waals surface area contributed by atoms with Gasteiger partial charge in [0.2, 0.25) is 0 Å². The number of aromatic nitrogens is 1. The van der Waals surface area contributed by atoms with Crippen LogP contribution >= 0.6 is 0 Å². The molecule has 1 unspecified atom stereocenters. The minimum Gasteiger partial charge on any atom is -0.497 e. The van der Waals surface area contributed by atoms with Crippen LogP contribution in [0.1, 0.15) is 24.3 Å². The predicted octanol–water partition coefficient (Wildman–Crippen LogP) is 3.12. The highest BCUT2D eigenvalue weighted by molar-refractivity contribution is 5.60. The van der Waals surface area contributed by atoms with Crippen molar-refractivity contribution < 1.29 is 9.84 Å². The van der Waals surface area contributed by atoms with E-state index in [0.717, 1.165) is 28.3 Å². The highest BCUT2D eigenvalue weighted by atomic mass is 16.5. The van der Waals surface area contributed by atoms with Gasteiger partial charge in [0, 0.05) is 16.8 Å². The minimum atomic E-state index is -0.484. The Morgan fingerprint density at radius 1 is 1.11 bits per heavy atom. The maximum Gasteiger partial charge on any atom is 0.118 e. The number of aryl methyl sites for hydroxylation is 1. The van der Waals surface area contributed by atoms with Crippen molar-refractivity contribution in [3.63, 3.8) is 0 Å². The van der Waals surface area contributed by atoms with E-state index in [4.69, 9.17) is 4.74 Å². The Morgan fingerprint density at radius 2 is 1.78 bits per heavy atom. The highest BCUT2D eigenvalue weighted by Crippen LogP contribution is 2.23. The van der Waals surface area contributed by atoms with Gasteiger partial charge >= 0.3 is 0 Å². The third-order valence-corrected chi connectivity index (χ3v) is 2.96. The first-order chi connectivity index (χ1) is 8.61. The van der Waals surface area contributed by atoms with Crippen LogP contribution in [0.2, 0.25) is 0 Å². The molecule has 0 amide bonds. The summed E-state index contributed by atoms with van der Waals surface area (Å²) in [6, 6.07) is 11.6. The number of pyridine rings is 1. The van der Waals surface area contributed by atoms with E-state index in [1.807, 2.05) is 43.3 Å². The van der Waals surface area contributed by atoms with Crippen molar-refractivity contribution in [3.8, 4) is 17.0 Å². The molecule has 1 aromatic heterocycles. The van der Waals surface area contributed by atoms with Gasteiger partial charge in [-0.2, -0.15) is 0 Å².